The lowest BCUT2D eigenvalue weighted by molar-refractivity contribution is 0.563. The average molecular weight is 253 g/mol. The van der Waals surface area contributed by atoms with E-state index in [2.05, 4.69) is 16.0 Å². The van der Waals surface area contributed by atoms with Crippen LogP contribution < -0.4 is 4.90 Å². The van der Waals surface area contributed by atoms with Gasteiger partial charge in [0.25, 0.3) is 0 Å². The lowest BCUT2D eigenvalue weighted by Gasteiger charge is -2.12. The first-order valence-electron chi connectivity index (χ1n) is 6.51. The zero-order chi connectivity index (χ0) is 13.2. The summed E-state index contributed by atoms with van der Waals surface area (Å²) in [4.78, 5) is 6.42. The normalized spacial score (nSPS) is 14.6. The Morgan fingerprint density at radius 1 is 1.32 bits per heavy atom. The van der Waals surface area contributed by atoms with Gasteiger partial charge in [0.2, 0.25) is 17.5 Å². The highest BCUT2D eigenvalue weighted by Crippen LogP contribution is 2.30. The highest BCUT2D eigenvalue weighted by atomic mass is 16.4. The Bertz CT molecular complexity index is 633. The van der Waals surface area contributed by atoms with Gasteiger partial charge in [-0.25, -0.2) is 0 Å². The predicted octanol–water partition coefficient (Wildman–Crippen LogP) is 3.12. The summed E-state index contributed by atoms with van der Waals surface area (Å²) in [6.45, 7) is 3.91. The summed E-state index contributed by atoms with van der Waals surface area (Å²) in [5.41, 5.74) is 2.46. The smallest absolute Gasteiger partial charge is 0.235 e. The highest BCUT2D eigenvalue weighted by molar-refractivity contribution is 5.60. The fourth-order valence-electron chi connectivity index (χ4n) is 2.42. The van der Waals surface area contributed by atoms with Crippen LogP contribution in [0.2, 0.25) is 0 Å². The molecular formula is C15H15N3O. The highest BCUT2D eigenvalue weighted by Gasteiger charge is 2.22. The van der Waals surface area contributed by atoms with E-state index in [4.69, 9.17) is 4.42 Å². The second kappa shape index (κ2) is 4.77. The zero-order valence-corrected chi connectivity index (χ0v) is 10.9. The second-order valence-electron chi connectivity index (χ2n) is 4.85. The topological polar surface area (TPSA) is 53.1 Å². The third-order valence-electron chi connectivity index (χ3n) is 3.37. The molecule has 4 nitrogen and oxygen atoms in total. The number of oxazole rings is 1. The van der Waals surface area contributed by atoms with Crippen LogP contribution in [0.3, 0.4) is 0 Å². The number of hydrogen-bond donors (Lipinski definition) is 0. The summed E-state index contributed by atoms with van der Waals surface area (Å²) in [5.74, 6) is 1.15. The molecule has 19 heavy (non-hydrogen) atoms. The van der Waals surface area contributed by atoms with Gasteiger partial charge < -0.3 is 9.32 Å². The van der Waals surface area contributed by atoms with Crippen molar-refractivity contribution in [2.45, 2.75) is 19.8 Å². The summed E-state index contributed by atoms with van der Waals surface area (Å²) in [6, 6.07) is 10.1. The quantitative estimate of drug-likeness (QED) is 0.825. The van der Waals surface area contributed by atoms with E-state index in [-0.39, 0.29) is 0 Å². The van der Waals surface area contributed by atoms with Gasteiger partial charge in [-0.3, -0.25) is 0 Å². The molecule has 0 spiro atoms. The maximum atomic E-state index is 9.19. The minimum Gasteiger partial charge on any atom is -0.419 e. The summed E-state index contributed by atoms with van der Waals surface area (Å²) in [7, 11) is 0. The largest absolute Gasteiger partial charge is 0.419 e. The Hall–Kier alpha value is -2.28. The third-order valence-corrected chi connectivity index (χ3v) is 3.37. The van der Waals surface area contributed by atoms with Crippen molar-refractivity contribution in [2.75, 3.05) is 18.0 Å². The standard InChI is InChI=1S/C15H15N3O/c1-11-5-4-6-12(9-11)14-17-13(10-16)15(19-14)18-7-2-3-8-18/h4-6,9H,2-3,7-8H2,1H3. The molecule has 0 N–H and O–H groups in total. The predicted molar refractivity (Wildman–Crippen MR) is 72.8 cm³/mol. The van der Waals surface area contributed by atoms with E-state index in [1.54, 1.807) is 0 Å². The summed E-state index contributed by atoms with van der Waals surface area (Å²) in [5, 5.41) is 9.19. The van der Waals surface area contributed by atoms with Gasteiger partial charge in [-0.05, 0) is 31.9 Å². The maximum Gasteiger partial charge on any atom is 0.235 e. The molecule has 96 valence electrons. The molecule has 0 radical (unpaired) electrons. The van der Waals surface area contributed by atoms with Crippen molar-refractivity contribution in [1.82, 2.24) is 4.98 Å². The Morgan fingerprint density at radius 2 is 2.11 bits per heavy atom. The van der Waals surface area contributed by atoms with Crippen molar-refractivity contribution in [2.24, 2.45) is 0 Å². The van der Waals surface area contributed by atoms with Crippen LogP contribution in [0, 0.1) is 18.3 Å². The summed E-state index contributed by atoms with van der Waals surface area (Å²) in [6.07, 6.45) is 2.29. The number of rotatable bonds is 2. The fraction of sp³-hybridized carbons (Fsp3) is 0.333. The summed E-state index contributed by atoms with van der Waals surface area (Å²) >= 11 is 0. The fourth-order valence-corrected chi connectivity index (χ4v) is 2.42. The molecular weight excluding hydrogens is 238 g/mol. The Balaban J connectivity index is 2.02. The number of nitriles is 1. The van der Waals surface area contributed by atoms with E-state index in [9.17, 15) is 5.26 Å². The van der Waals surface area contributed by atoms with E-state index < -0.39 is 0 Å². The minimum atomic E-state index is 0.387. The molecule has 3 rings (SSSR count). The van der Waals surface area contributed by atoms with E-state index in [0.29, 0.717) is 17.5 Å². The molecule has 1 aromatic heterocycles. The number of hydrogen-bond acceptors (Lipinski definition) is 4. The van der Waals surface area contributed by atoms with Crippen LogP contribution in [0.25, 0.3) is 11.5 Å². The number of aromatic nitrogens is 1. The van der Waals surface area contributed by atoms with Crippen LogP contribution in [0.1, 0.15) is 24.1 Å². The molecule has 0 bridgehead atoms. The first-order chi connectivity index (χ1) is 9.28. The van der Waals surface area contributed by atoms with Crippen molar-refractivity contribution in [1.29, 1.82) is 5.26 Å². The Morgan fingerprint density at radius 3 is 2.79 bits per heavy atom. The van der Waals surface area contributed by atoms with Crippen LogP contribution >= 0.6 is 0 Å². The molecule has 1 saturated heterocycles. The lowest BCUT2D eigenvalue weighted by Crippen LogP contribution is -2.17. The van der Waals surface area contributed by atoms with E-state index in [1.807, 2.05) is 31.2 Å². The first-order valence-corrected chi connectivity index (χ1v) is 6.51. The number of benzene rings is 1. The number of nitrogens with zero attached hydrogens (tertiary/aromatic N) is 3. The minimum absolute atomic E-state index is 0.387. The molecule has 1 fully saturated rings. The monoisotopic (exact) mass is 253 g/mol. The molecule has 2 heterocycles. The number of anilines is 1. The first kappa shape index (κ1) is 11.8. The molecule has 0 amide bonds. The average Bonchev–Trinajstić information content (AvgIpc) is 3.07. The van der Waals surface area contributed by atoms with Crippen LogP contribution in [-0.4, -0.2) is 18.1 Å². The molecule has 0 aliphatic carbocycles. The molecule has 0 saturated carbocycles. The van der Waals surface area contributed by atoms with E-state index in [0.717, 1.165) is 37.1 Å². The van der Waals surface area contributed by atoms with Crippen molar-refractivity contribution in [3.05, 3.63) is 35.5 Å². The van der Waals surface area contributed by atoms with Crippen LogP contribution in [0.5, 0.6) is 0 Å². The van der Waals surface area contributed by atoms with Crippen molar-refractivity contribution in [3.8, 4) is 17.5 Å². The van der Waals surface area contributed by atoms with Gasteiger partial charge in [0.05, 0.1) is 0 Å². The maximum absolute atomic E-state index is 9.19. The molecule has 0 atom stereocenters. The molecule has 2 aromatic rings. The van der Waals surface area contributed by atoms with Crippen molar-refractivity contribution >= 4 is 5.88 Å². The number of aryl methyl sites for hydroxylation is 1. The van der Waals surface area contributed by atoms with Crippen LogP contribution in [0.4, 0.5) is 5.88 Å². The molecule has 0 unspecified atom stereocenters. The Labute approximate surface area is 112 Å². The Kier molecular flexibility index (Phi) is 2.96. The molecule has 1 aliphatic rings. The van der Waals surface area contributed by atoms with Gasteiger partial charge in [0, 0.05) is 18.7 Å². The molecule has 4 heteroatoms. The van der Waals surface area contributed by atoms with E-state index in [1.165, 1.54) is 0 Å². The van der Waals surface area contributed by atoms with Gasteiger partial charge in [-0.15, -0.1) is 0 Å². The van der Waals surface area contributed by atoms with Crippen molar-refractivity contribution < 1.29 is 4.42 Å². The SMILES string of the molecule is Cc1cccc(-c2nc(C#N)c(N3CCCC3)o2)c1. The lowest BCUT2D eigenvalue weighted by atomic mass is 10.1. The van der Waals surface area contributed by atoms with Gasteiger partial charge in [0.1, 0.15) is 6.07 Å². The van der Waals surface area contributed by atoms with Gasteiger partial charge in [-0.1, -0.05) is 17.7 Å². The van der Waals surface area contributed by atoms with Gasteiger partial charge in [0.15, 0.2) is 0 Å². The second-order valence-corrected chi connectivity index (χ2v) is 4.85. The molecule has 1 aromatic carbocycles. The van der Waals surface area contributed by atoms with Crippen molar-refractivity contribution in [3.63, 3.8) is 0 Å². The van der Waals surface area contributed by atoms with Crippen LogP contribution in [-0.2, 0) is 0 Å². The van der Waals surface area contributed by atoms with E-state index >= 15 is 0 Å². The molecule has 1 aliphatic heterocycles. The van der Waals surface area contributed by atoms with Gasteiger partial charge in [-0.2, -0.15) is 10.2 Å². The van der Waals surface area contributed by atoms with Gasteiger partial charge >= 0.3 is 0 Å². The summed E-state index contributed by atoms with van der Waals surface area (Å²) < 4.78 is 5.82. The van der Waals surface area contributed by atoms with Crippen LogP contribution in [0.15, 0.2) is 28.7 Å². The third kappa shape index (κ3) is 2.19. The zero-order valence-electron chi connectivity index (χ0n) is 10.9.